The van der Waals surface area contributed by atoms with Gasteiger partial charge in [-0.25, -0.2) is 0 Å². The molecule has 0 amide bonds. The van der Waals surface area contributed by atoms with Crippen molar-refractivity contribution in [1.29, 1.82) is 0 Å². The van der Waals surface area contributed by atoms with Crippen molar-refractivity contribution in [2.45, 2.75) is 64.5 Å². The highest BCUT2D eigenvalue weighted by Crippen LogP contribution is 2.36. The second kappa shape index (κ2) is 5.71. The molecule has 2 aliphatic carbocycles. The Kier molecular flexibility index (Phi) is 4.48. The molecule has 0 aromatic rings. The molecule has 2 N–H and O–H groups in total. The van der Waals surface area contributed by atoms with E-state index < -0.39 is 0 Å². The van der Waals surface area contributed by atoms with Gasteiger partial charge in [0.1, 0.15) is 0 Å². The maximum atomic E-state index is 5.92. The molecule has 0 aromatic carbocycles. The topological polar surface area (TPSA) is 29.3 Å². The van der Waals surface area contributed by atoms with Gasteiger partial charge >= 0.3 is 0 Å². The number of nitrogens with two attached hydrogens (primary N) is 1. The van der Waals surface area contributed by atoms with E-state index in [2.05, 4.69) is 25.8 Å². The van der Waals surface area contributed by atoms with Crippen LogP contribution in [0.15, 0.2) is 0 Å². The van der Waals surface area contributed by atoms with Gasteiger partial charge in [-0.2, -0.15) is 0 Å². The van der Waals surface area contributed by atoms with Crippen molar-refractivity contribution in [2.24, 2.45) is 23.5 Å². The van der Waals surface area contributed by atoms with E-state index in [0.29, 0.717) is 0 Å². The third-order valence-electron chi connectivity index (χ3n) is 5.35. The summed E-state index contributed by atoms with van der Waals surface area (Å²) in [7, 11) is 2.36. The molecule has 2 saturated carbocycles. The lowest BCUT2D eigenvalue weighted by atomic mass is 9.78. The minimum atomic E-state index is 0.756. The molecular formula is C15H30N2. The average molecular weight is 238 g/mol. The summed E-state index contributed by atoms with van der Waals surface area (Å²) in [6.07, 6.45) is 8.33. The van der Waals surface area contributed by atoms with Crippen LogP contribution in [-0.2, 0) is 0 Å². The van der Waals surface area contributed by atoms with Crippen LogP contribution in [0.2, 0.25) is 0 Å². The fraction of sp³-hybridized carbons (Fsp3) is 1.00. The van der Waals surface area contributed by atoms with Crippen molar-refractivity contribution in [3.05, 3.63) is 0 Å². The van der Waals surface area contributed by atoms with E-state index in [9.17, 15) is 0 Å². The molecule has 2 fully saturated rings. The summed E-state index contributed by atoms with van der Waals surface area (Å²) < 4.78 is 0. The number of rotatable bonds is 3. The van der Waals surface area contributed by atoms with Crippen LogP contribution in [0.1, 0.15) is 52.4 Å². The van der Waals surface area contributed by atoms with Crippen LogP contribution in [0.4, 0.5) is 0 Å². The molecule has 17 heavy (non-hydrogen) atoms. The van der Waals surface area contributed by atoms with Crippen molar-refractivity contribution < 1.29 is 0 Å². The smallest absolute Gasteiger partial charge is 0.0136 e. The van der Waals surface area contributed by atoms with E-state index in [1.165, 1.54) is 38.5 Å². The van der Waals surface area contributed by atoms with Crippen molar-refractivity contribution >= 4 is 0 Å². The lowest BCUT2D eigenvalue weighted by Gasteiger charge is -2.43. The monoisotopic (exact) mass is 238 g/mol. The lowest BCUT2D eigenvalue weighted by Crippen LogP contribution is -2.48. The van der Waals surface area contributed by atoms with Gasteiger partial charge in [-0.05, 0) is 63.5 Å². The Hall–Kier alpha value is -0.0800. The first-order valence-electron chi connectivity index (χ1n) is 7.55. The van der Waals surface area contributed by atoms with Crippen molar-refractivity contribution in [3.63, 3.8) is 0 Å². The molecule has 0 radical (unpaired) electrons. The van der Waals surface area contributed by atoms with Gasteiger partial charge in [0.2, 0.25) is 0 Å². The van der Waals surface area contributed by atoms with Crippen molar-refractivity contribution in [3.8, 4) is 0 Å². The maximum absolute atomic E-state index is 5.92. The third-order valence-corrected chi connectivity index (χ3v) is 5.35. The summed E-state index contributed by atoms with van der Waals surface area (Å²) in [4.78, 5) is 2.70. The Morgan fingerprint density at radius 3 is 2.47 bits per heavy atom. The molecule has 0 heterocycles. The second-order valence-corrected chi connectivity index (χ2v) is 6.62. The predicted molar refractivity (Wildman–Crippen MR) is 73.9 cm³/mol. The van der Waals surface area contributed by atoms with E-state index in [1.807, 2.05) is 0 Å². The summed E-state index contributed by atoms with van der Waals surface area (Å²) in [6.45, 7) is 5.74. The van der Waals surface area contributed by atoms with Gasteiger partial charge in [0.15, 0.2) is 0 Å². The highest BCUT2D eigenvalue weighted by molar-refractivity contribution is 4.91. The summed E-state index contributed by atoms with van der Waals surface area (Å²) in [5.74, 6) is 2.55. The fourth-order valence-electron chi connectivity index (χ4n) is 4.33. The summed E-state index contributed by atoms with van der Waals surface area (Å²) in [5, 5.41) is 0. The zero-order valence-electron chi connectivity index (χ0n) is 11.9. The van der Waals surface area contributed by atoms with E-state index in [-0.39, 0.29) is 0 Å². The summed E-state index contributed by atoms with van der Waals surface area (Å²) >= 11 is 0. The zero-order chi connectivity index (χ0) is 12.4. The van der Waals surface area contributed by atoms with Crippen LogP contribution in [0.5, 0.6) is 0 Å². The Labute approximate surface area is 107 Å². The summed E-state index contributed by atoms with van der Waals surface area (Å²) in [6, 6.07) is 1.57. The lowest BCUT2D eigenvalue weighted by molar-refractivity contribution is 0.0657. The van der Waals surface area contributed by atoms with Crippen molar-refractivity contribution in [1.82, 2.24) is 4.90 Å². The quantitative estimate of drug-likeness (QED) is 0.819. The summed E-state index contributed by atoms with van der Waals surface area (Å²) in [5.41, 5.74) is 5.92. The van der Waals surface area contributed by atoms with Crippen LogP contribution in [0, 0.1) is 17.8 Å². The average Bonchev–Trinajstić information content (AvgIpc) is 2.76. The maximum Gasteiger partial charge on any atom is 0.0136 e. The molecule has 5 unspecified atom stereocenters. The molecule has 2 heteroatoms. The largest absolute Gasteiger partial charge is 0.330 e. The number of hydrogen-bond donors (Lipinski definition) is 1. The van der Waals surface area contributed by atoms with E-state index in [4.69, 9.17) is 5.73 Å². The number of hydrogen-bond acceptors (Lipinski definition) is 2. The van der Waals surface area contributed by atoms with Gasteiger partial charge in [0, 0.05) is 12.1 Å². The van der Waals surface area contributed by atoms with E-state index in [0.717, 1.165) is 36.4 Å². The SMILES string of the molecule is CC1CCC(N(C)C2CCCC2CN)C(C)C1. The van der Waals surface area contributed by atoms with E-state index in [1.54, 1.807) is 0 Å². The highest BCUT2D eigenvalue weighted by atomic mass is 15.2. The van der Waals surface area contributed by atoms with E-state index >= 15 is 0 Å². The first-order chi connectivity index (χ1) is 8.13. The molecule has 0 aliphatic heterocycles. The fourth-order valence-corrected chi connectivity index (χ4v) is 4.33. The van der Waals surface area contributed by atoms with Gasteiger partial charge in [-0.1, -0.05) is 20.3 Å². The number of nitrogens with zero attached hydrogens (tertiary/aromatic N) is 1. The predicted octanol–water partition coefficient (Wildman–Crippen LogP) is 2.87. The van der Waals surface area contributed by atoms with Crippen molar-refractivity contribution in [2.75, 3.05) is 13.6 Å². The van der Waals surface area contributed by atoms with Crippen LogP contribution >= 0.6 is 0 Å². The van der Waals surface area contributed by atoms with Gasteiger partial charge in [-0.3, -0.25) is 4.90 Å². The minimum absolute atomic E-state index is 0.756. The first-order valence-corrected chi connectivity index (χ1v) is 7.55. The van der Waals surface area contributed by atoms with Crippen LogP contribution in [0.3, 0.4) is 0 Å². The molecule has 0 saturated heterocycles. The van der Waals surface area contributed by atoms with Crippen LogP contribution < -0.4 is 5.73 Å². The second-order valence-electron chi connectivity index (χ2n) is 6.62. The molecule has 2 nitrogen and oxygen atoms in total. The molecule has 0 aromatic heterocycles. The van der Waals surface area contributed by atoms with Gasteiger partial charge in [0.05, 0.1) is 0 Å². The standard InChI is InChI=1S/C15H30N2/c1-11-7-8-14(12(2)9-11)17(3)15-6-4-5-13(15)10-16/h11-15H,4-10,16H2,1-3H3. The minimum Gasteiger partial charge on any atom is -0.330 e. The molecule has 2 rings (SSSR count). The van der Waals surface area contributed by atoms with Crippen LogP contribution in [-0.4, -0.2) is 30.6 Å². The first kappa shape index (κ1) is 13.4. The Balaban J connectivity index is 1.96. The molecule has 5 atom stereocenters. The van der Waals surface area contributed by atoms with Gasteiger partial charge in [0.25, 0.3) is 0 Å². The molecule has 0 spiro atoms. The third kappa shape index (κ3) is 2.85. The Morgan fingerprint density at radius 1 is 1.06 bits per heavy atom. The van der Waals surface area contributed by atoms with Gasteiger partial charge < -0.3 is 5.73 Å². The molecule has 2 aliphatic rings. The zero-order valence-corrected chi connectivity index (χ0v) is 11.9. The van der Waals surface area contributed by atoms with Crippen LogP contribution in [0.25, 0.3) is 0 Å². The molecule has 100 valence electrons. The highest BCUT2D eigenvalue weighted by Gasteiger charge is 2.36. The Morgan fingerprint density at radius 2 is 1.82 bits per heavy atom. The molecule has 0 bridgehead atoms. The normalized spacial score (nSPS) is 43.2. The Bertz CT molecular complexity index is 241. The molecular weight excluding hydrogens is 208 g/mol. The van der Waals surface area contributed by atoms with Gasteiger partial charge in [-0.15, -0.1) is 0 Å².